The zero-order valence-electron chi connectivity index (χ0n) is 18.9. The number of piperidine rings is 1. The van der Waals surface area contributed by atoms with Crippen LogP contribution >= 0.6 is 0 Å². The molecule has 0 spiro atoms. The minimum atomic E-state index is -4.91. The highest BCUT2D eigenvalue weighted by molar-refractivity contribution is 5.95. The van der Waals surface area contributed by atoms with Gasteiger partial charge < -0.3 is 9.80 Å². The van der Waals surface area contributed by atoms with E-state index in [1.165, 1.54) is 23.1 Å². The topological polar surface area (TPSA) is 61.7 Å². The van der Waals surface area contributed by atoms with Gasteiger partial charge >= 0.3 is 6.18 Å². The molecule has 0 aliphatic carbocycles. The summed E-state index contributed by atoms with van der Waals surface area (Å²) in [6.45, 7) is 4.13. The van der Waals surface area contributed by atoms with E-state index in [1.807, 2.05) is 16.7 Å². The van der Waals surface area contributed by atoms with E-state index in [-0.39, 0.29) is 37.3 Å². The van der Waals surface area contributed by atoms with Crippen LogP contribution in [0.1, 0.15) is 42.2 Å². The molecule has 34 heavy (non-hydrogen) atoms. The molecule has 2 amide bonds. The third-order valence-corrected chi connectivity index (χ3v) is 6.49. The maximum Gasteiger partial charge on any atom is 0.434 e. The van der Waals surface area contributed by atoms with E-state index in [4.69, 9.17) is 0 Å². The number of para-hydroxylation sites is 1. The summed E-state index contributed by atoms with van der Waals surface area (Å²) in [5, 5.41) is 3.69. The molecule has 2 aliphatic heterocycles. The molecule has 2 saturated heterocycles. The molecule has 0 bridgehead atoms. The second-order valence-corrected chi connectivity index (χ2v) is 8.77. The number of aromatic nitrogens is 2. The predicted octanol–water partition coefficient (Wildman–Crippen LogP) is 3.19. The van der Waals surface area contributed by atoms with E-state index < -0.39 is 29.2 Å². The van der Waals surface area contributed by atoms with Crippen molar-refractivity contribution in [2.75, 3.05) is 39.3 Å². The molecule has 2 fully saturated rings. The highest BCUT2D eigenvalue weighted by Gasteiger charge is 2.42. The van der Waals surface area contributed by atoms with Gasteiger partial charge in [-0.25, -0.2) is 9.07 Å². The number of likely N-dealkylation sites (tertiary alicyclic amines) is 1. The van der Waals surface area contributed by atoms with Gasteiger partial charge in [-0.05, 0) is 38.3 Å². The van der Waals surface area contributed by atoms with E-state index in [1.54, 1.807) is 0 Å². The Morgan fingerprint density at radius 1 is 1.06 bits per heavy atom. The first-order chi connectivity index (χ1) is 16.2. The molecule has 0 saturated carbocycles. The Morgan fingerprint density at radius 2 is 1.76 bits per heavy atom. The van der Waals surface area contributed by atoms with Crippen LogP contribution in [-0.4, -0.2) is 81.6 Å². The van der Waals surface area contributed by atoms with Crippen molar-refractivity contribution in [1.29, 1.82) is 0 Å². The monoisotopic (exact) mass is 481 g/mol. The van der Waals surface area contributed by atoms with Crippen molar-refractivity contribution >= 4 is 11.8 Å². The Bertz CT molecular complexity index is 1050. The van der Waals surface area contributed by atoms with Crippen LogP contribution in [0.2, 0.25) is 0 Å². The first-order valence-corrected chi connectivity index (χ1v) is 11.4. The summed E-state index contributed by atoms with van der Waals surface area (Å²) in [5.41, 5.74) is -2.31. The average Bonchev–Trinajstić information content (AvgIpc) is 3.25. The number of alkyl halides is 3. The van der Waals surface area contributed by atoms with Gasteiger partial charge in [-0.3, -0.25) is 14.5 Å². The number of amides is 2. The van der Waals surface area contributed by atoms with Crippen molar-refractivity contribution in [3.8, 4) is 5.69 Å². The first kappa shape index (κ1) is 24.2. The van der Waals surface area contributed by atoms with Crippen LogP contribution < -0.4 is 0 Å². The Hall–Kier alpha value is -2.95. The average molecular weight is 481 g/mol. The van der Waals surface area contributed by atoms with Gasteiger partial charge in [0, 0.05) is 38.8 Å². The maximum atomic E-state index is 14.2. The summed E-state index contributed by atoms with van der Waals surface area (Å²) in [5.74, 6) is -1.65. The highest BCUT2D eigenvalue weighted by Crippen LogP contribution is 2.34. The number of hydrogen-bond donors (Lipinski definition) is 0. The fourth-order valence-electron chi connectivity index (χ4n) is 4.61. The van der Waals surface area contributed by atoms with Gasteiger partial charge in [-0.15, -0.1) is 0 Å². The molecular formula is C23H27F4N5O2. The zero-order chi connectivity index (χ0) is 24.5. The van der Waals surface area contributed by atoms with Crippen LogP contribution in [0.4, 0.5) is 17.6 Å². The normalized spacial score (nSPS) is 20.0. The zero-order valence-corrected chi connectivity index (χ0v) is 18.9. The number of carbonyl (C=O) groups excluding carboxylic acids is 2. The van der Waals surface area contributed by atoms with Crippen molar-refractivity contribution in [1.82, 2.24) is 24.5 Å². The summed E-state index contributed by atoms with van der Waals surface area (Å²) in [4.78, 5) is 30.8. The molecule has 2 aromatic rings. The Morgan fingerprint density at radius 3 is 2.41 bits per heavy atom. The van der Waals surface area contributed by atoms with Gasteiger partial charge in [0.1, 0.15) is 11.5 Å². The summed E-state index contributed by atoms with van der Waals surface area (Å²) >= 11 is 0. The molecule has 0 radical (unpaired) electrons. The molecule has 11 heteroatoms. The smallest absolute Gasteiger partial charge is 0.339 e. The molecule has 2 aliphatic rings. The van der Waals surface area contributed by atoms with E-state index in [9.17, 15) is 27.2 Å². The van der Waals surface area contributed by atoms with Crippen LogP contribution in [0.15, 0.2) is 30.5 Å². The molecule has 1 aromatic carbocycles. The molecule has 3 heterocycles. The number of rotatable bonds is 4. The predicted molar refractivity (Wildman–Crippen MR) is 116 cm³/mol. The van der Waals surface area contributed by atoms with Crippen molar-refractivity contribution in [2.24, 2.45) is 0 Å². The second kappa shape index (κ2) is 9.73. The minimum Gasteiger partial charge on any atom is -0.339 e. The Kier molecular flexibility index (Phi) is 6.92. The third kappa shape index (κ3) is 4.94. The fraction of sp³-hybridized carbons (Fsp3) is 0.522. The molecule has 1 atom stereocenters. The van der Waals surface area contributed by atoms with Gasteiger partial charge in [-0.2, -0.15) is 18.3 Å². The Balaban J connectivity index is 1.45. The van der Waals surface area contributed by atoms with E-state index in [0.29, 0.717) is 17.8 Å². The molecule has 0 N–H and O–H groups in total. The molecule has 7 nitrogen and oxygen atoms in total. The second-order valence-electron chi connectivity index (χ2n) is 8.77. The van der Waals surface area contributed by atoms with E-state index in [0.717, 1.165) is 38.1 Å². The van der Waals surface area contributed by atoms with Gasteiger partial charge in [0.15, 0.2) is 5.69 Å². The first-order valence-electron chi connectivity index (χ1n) is 11.4. The lowest BCUT2D eigenvalue weighted by molar-refractivity contribution is -0.143. The summed E-state index contributed by atoms with van der Waals surface area (Å²) in [6.07, 6.45) is -0.996. The number of benzene rings is 1. The molecule has 184 valence electrons. The van der Waals surface area contributed by atoms with Gasteiger partial charge in [0.25, 0.3) is 5.91 Å². The number of halogens is 4. The lowest BCUT2D eigenvalue weighted by Crippen LogP contribution is -2.53. The summed E-state index contributed by atoms with van der Waals surface area (Å²) in [7, 11) is 0. The van der Waals surface area contributed by atoms with Crippen LogP contribution in [0.25, 0.3) is 5.69 Å². The van der Waals surface area contributed by atoms with Crippen molar-refractivity contribution < 1.29 is 27.2 Å². The number of hydrogen-bond acceptors (Lipinski definition) is 4. The number of piperazine rings is 1. The van der Waals surface area contributed by atoms with Crippen molar-refractivity contribution in [3.63, 3.8) is 0 Å². The van der Waals surface area contributed by atoms with E-state index in [2.05, 4.69) is 5.10 Å². The van der Waals surface area contributed by atoms with E-state index >= 15 is 0 Å². The quantitative estimate of drug-likeness (QED) is 0.630. The summed E-state index contributed by atoms with van der Waals surface area (Å²) in [6, 6.07) is 5.16. The van der Waals surface area contributed by atoms with Crippen molar-refractivity contribution in [3.05, 3.63) is 47.5 Å². The SMILES string of the molecule is CC1CCCCN1C(=O)CN1CCN(C(=O)c2cnn(-c3ccccc3F)c2C(F)(F)F)CC1. The maximum absolute atomic E-state index is 14.2. The lowest BCUT2D eigenvalue weighted by Gasteiger charge is -2.38. The minimum absolute atomic E-state index is 0.0394. The van der Waals surface area contributed by atoms with Crippen LogP contribution in [-0.2, 0) is 11.0 Å². The molecule has 1 unspecified atom stereocenters. The van der Waals surface area contributed by atoms with Crippen LogP contribution in [0, 0.1) is 5.82 Å². The number of carbonyl (C=O) groups is 2. The molecular weight excluding hydrogens is 454 g/mol. The van der Waals surface area contributed by atoms with Gasteiger partial charge in [0.2, 0.25) is 5.91 Å². The molecule has 1 aromatic heterocycles. The third-order valence-electron chi connectivity index (χ3n) is 6.49. The molecule has 4 rings (SSSR count). The van der Waals surface area contributed by atoms with Gasteiger partial charge in [0.05, 0.1) is 18.3 Å². The lowest BCUT2D eigenvalue weighted by atomic mass is 10.0. The standard InChI is InChI=1S/C23H27F4N5O2/c1-16-6-4-5-9-31(16)20(33)15-29-10-12-30(13-11-29)22(34)17-14-28-32(21(17)23(25,26)27)19-8-3-2-7-18(19)24/h2-3,7-8,14,16H,4-6,9-13,15H2,1H3. The summed E-state index contributed by atoms with van der Waals surface area (Å²) < 4.78 is 56.3. The highest BCUT2D eigenvalue weighted by atomic mass is 19.4. The number of nitrogens with zero attached hydrogens (tertiary/aromatic N) is 5. The fourth-order valence-corrected chi connectivity index (χ4v) is 4.61. The van der Waals surface area contributed by atoms with Gasteiger partial charge in [-0.1, -0.05) is 12.1 Å². The van der Waals surface area contributed by atoms with Crippen molar-refractivity contribution in [2.45, 2.75) is 38.4 Å². The van der Waals surface area contributed by atoms with Crippen LogP contribution in [0.5, 0.6) is 0 Å². The largest absolute Gasteiger partial charge is 0.434 e. The Labute approximate surface area is 194 Å². The van der Waals surface area contributed by atoms with Crippen LogP contribution in [0.3, 0.4) is 0 Å².